The fourth-order valence-corrected chi connectivity index (χ4v) is 3.36. The Morgan fingerprint density at radius 3 is 2.62 bits per heavy atom. The van der Waals surface area contributed by atoms with Crippen molar-refractivity contribution in [3.8, 4) is 0 Å². The van der Waals surface area contributed by atoms with Crippen molar-refractivity contribution in [2.45, 2.75) is 38.1 Å². The van der Waals surface area contributed by atoms with Crippen LogP contribution in [0.3, 0.4) is 0 Å². The molecule has 1 aliphatic carbocycles. The molecule has 21 heavy (non-hydrogen) atoms. The van der Waals surface area contributed by atoms with Crippen LogP contribution in [0.25, 0.3) is 0 Å². The zero-order valence-electron chi connectivity index (χ0n) is 11.8. The molecule has 1 atom stereocenters. The van der Waals surface area contributed by atoms with Gasteiger partial charge >= 0.3 is 0 Å². The Balaban J connectivity index is 0.00000220. The normalized spacial score (nSPS) is 16.9. The third-order valence-electron chi connectivity index (χ3n) is 3.97. The number of nitrogens with two attached hydrogens (primary N) is 1. The van der Waals surface area contributed by atoms with Gasteiger partial charge in [-0.15, -0.1) is 12.4 Å². The Bertz CT molecular complexity index is 481. The van der Waals surface area contributed by atoms with Gasteiger partial charge in [0.2, 0.25) is 0 Å². The Kier molecular flexibility index (Phi) is 7.63. The lowest BCUT2D eigenvalue weighted by Crippen LogP contribution is -2.46. The number of rotatable bonds is 4. The maximum atomic E-state index is 13.0. The standard InChI is InChI=1S/C15H20BrFN2O.ClH/c16-13-8-11(17)6-7-12(13)15(20)19-14(9-18)10-4-2-1-3-5-10;/h6-8,10,14H,1-5,9,18H2,(H,19,20);1H. The van der Waals surface area contributed by atoms with Crippen LogP contribution in [0.15, 0.2) is 22.7 Å². The highest BCUT2D eigenvalue weighted by Crippen LogP contribution is 2.26. The smallest absolute Gasteiger partial charge is 0.252 e. The average Bonchev–Trinajstić information content (AvgIpc) is 2.45. The van der Waals surface area contributed by atoms with Crippen molar-refractivity contribution >= 4 is 34.2 Å². The molecule has 1 aliphatic rings. The Morgan fingerprint density at radius 1 is 1.38 bits per heavy atom. The number of carbonyl (C=O) groups is 1. The van der Waals surface area contributed by atoms with E-state index in [2.05, 4.69) is 21.2 Å². The first-order valence-corrected chi connectivity index (χ1v) is 7.87. The number of hydrogen-bond donors (Lipinski definition) is 2. The number of carbonyl (C=O) groups excluding carboxylic acids is 1. The molecule has 1 fully saturated rings. The summed E-state index contributed by atoms with van der Waals surface area (Å²) in [6, 6.07) is 4.08. The molecule has 2 rings (SSSR count). The van der Waals surface area contributed by atoms with Crippen LogP contribution in [0.4, 0.5) is 4.39 Å². The quantitative estimate of drug-likeness (QED) is 0.839. The molecular weight excluding hydrogens is 359 g/mol. The van der Waals surface area contributed by atoms with Gasteiger partial charge in [-0.3, -0.25) is 4.79 Å². The molecule has 1 aromatic carbocycles. The van der Waals surface area contributed by atoms with E-state index in [0.717, 1.165) is 12.8 Å². The first kappa shape index (κ1) is 18.4. The van der Waals surface area contributed by atoms with Crippen LogP contribution in [0.1, 0.15) is 42.5 Å². The molecule has 3 nitrogen and oxygen atoms in total. The summed E-state index contributed by atoms with van der Waals surface area (Å²) in [6.07, 6.45) is 5.92. The van der Waals surface area contributed by atoms with Gasteiger partial charge in [-0.25, -0.2) is 4.39 Å². The van der Waals surface area contributed by atoms with E-state index in [-0.39, 0.29) is 30.2 Å². The highest BCUT2D eigenvalue weighted by Gasteiger charge is 2.24. The van der Waals surface area contributed by atoms with Crippen molar-refractivity contribution in [3.05, 3.63) is 34.1 Å². The molecule has 0 saturated heterocycles. The SMILES string of the molecule is Cl.NCC(NC(=O)c1ccc(F)cc1Br)C1CCCCC1. The van der Waals surface area contributed by atoms with Crippen LogP contribution >= 0.6 is 28.3 Å². The number of benzene rings is 1. The second-order valence-corrected chi connectivity index (χ2v) is 6.19. The monoisotopic (exact) mass is 378 g/mol. The predicted molar refractivity (Wildman–Crippen MR) is 88.2 cm³/mol. The maximum absolute atomic E-state index is 13.0. The topological polar surface area (TPSA) is 55.1 Å². The molecule has 1 amide bonds. The van der Waals surface area contributed by atoms with Crippen LogP contribution < -0.4 is 11.1 Å². The molecule has 6 heteroatoms. The van der Waals surface area contributed by atoms with Gasteiger partial charge < -0.3 is 11.1 Å². The van der Waals surface area contributed by atoms with Gasteiger partial charge in [-0.1, -0.05) is 19.3 Å². The highest BCUT2D eigenvalue weighted by molar-refractivity contribution is 9.10. The minimum Gasteiger partial charge on any atom is -0.348 e. The van der Waals surface area contributed by atoms with E-state index in [1.54, 1.807) is 0 Å². The summed E-state index contributed by atoms with van der Waals surface area (Å²) >= 11 is 3.22. The first-order valence-electron chi connectivity index (χ1n) is 7.08. The molecule has 3 N–H and O–H groups in total. The summed E-state index contributed by atoms with van der Waals surface area (Å²) in [5.74, 6) is -0.106. The molecule has 1 unspecified atom stereocenters. The molecular formula is C15H21BrClFN2O. The highest BCUT2D eigenvalue weighted by atomic mass is 79.9. The lowest BCUT2D eigenvalue weighted by Gasteiger charge is -2.30. The summed E-state index contributed by atoms with van der Waals surface area (Å²) in [4.78, 5) is 12.3. The van der Waals surface area contributed by atoms with E-state index in [9.17, 15) is 9.18 Å². The van der Waals surface area contributed by atoms with Crippen LogP contribution in [-0.2, 0) is 0 Å². The third-order valence-corrected chi connectivity index (χ3v) is 4.62. The predicted octanol–water partition coefficient (Wildman–Crippen LogP) is 3.65. The lowest BCUT2D eigenvalue weighted by molar-refractivity contribution is 0.0914. The van der Waals surface area contributed by atoms with Crippen molar-refractivity contribution in [2.24, 2.45) is 11.7 Å². The van der Waals surface area contributed by atoms with Crippen molar-refractivity contribution in [1.29, 1.82) is 0 Å². The first-order chi connectivity index (χ1) is 9.61. The number of amides is 1. The van der Waals surface area contributed by atoms with Gasteiger partial charge in [0.15, 0.2) is 0 Å². The third kappa shape index (κ3) is 4.94. The summed E-state index contributed by atoms with van der Waals surface area (Å²) in [6.45, 7) is 0.440. The van der Waals surface area contributed by atoms with Crippen molar-refractivity contribution < 1.29 is 9.18 Å². The van der Waals surface area contributed by atoms with Crippen molar-refractivity contribution in [2.75, 3.05) is 6.54 Å². The van der Waals surface area contributed by atoms with Crippen molar-refractivity contribution in [3.63, 3.8) is 0 Å². The minimum atomic E-state index is -0.365. The molecule has 1 saturated carbocycles. The van der Waals surface area contributed by atoms with Crippen LogP contribution in [-0.4, -0.2) is 18.5 Å². The van der Waals surface area contributed by atoms with E-state index >= 15 is 0 Å². The number of hydrogen-bond acceptors (Lipinski definition) is 2. The largest absolute Gasteiger partial charge is 0.348 e. The van der Waals surface area contributed by atoms with Gasteiger partial charge in [0.1, 0.15) is 5.82 Å². The van der Waals surface area contributed by atoms with Crippen LogP contribution in [0.5, 0.6) is 0 Å². The molecule has 1 aromatic rings. The van der Waals surface area contributed by atoms with Gasteiger partial charge in [-0.2, -0.15) is 0 Å². The fraction of sp³-hybridized carbons (Fsp3) is 0.533. The zero-order valence-corrected chi connectivity index (χ0v) is 14.2. The number of halogens is 3. The Morgan fingerprint density at radius 2 is 2.05 bits per heavy atom. The van der Waals surface area contributed by atoms with Gasteiger partial charge in [0.25, 0.3) is 5.91 Å². The van der Waals surface area contributed by atoms with E-state index in [1.165, 1.54) is 37.5 Å². The van der Waals surface area contributed by atoms with E-state index in [4.69, 9.17) is 5.73 Å². The molecule has 0 spiro atoms. The summed E-state index contributed by atoms with van der Waals surface area (Å²) in [5, 5.41) is 3.00. The minimum absolute atomic E-state index is 0. The molecule has 118 valence electrons. The molecule has 0 bridgehead atoms. The summed E-state index contributed by atoms with van der Waals surface area (Å²) < 4.78 is 13.5. The van der Waals surface area contributed by atoms with Gasteiger partial charge in [0, 0.05) is 17.1 Å². The van der Waals surface area contributed by atoms with E-state index in [0.29, 0.717) is 22.5 Å². The summed E-state index contributed by atoms with van der Waals surface area (Å²) in [5.41, 5.74) is 6.25. The van der Waals surface area contributed by atoms with E-state index < -0.39 is 0 Å². The summed E-state index contributed by atoms with van der Waals surface area (Å²) in [7, 11) is 0. The zero-order chi connectivity index (χ0) is 14.5. The lowest BCUT2D eigenvalue weighted by atomic mass is 9.84. The van der Waals surface area contributed by atoms with Crippen molar-refractivity contribution in [1.82, 2.24) is 5.32 Å². The Labute approximate surface area is 139 Å². The number of nitrogens with one attached hydrogen (secondary N) is 1. The Hall–Kier alpha value is -0.650. The van der Waals surface area contributed by atoms with E-state index in [1.807, 2.05) is 0 Å². The molecule has 0 heterocycles. The molecule has 0 radical (unpaired) electrons. The van der Waals surface area contributed by atoms with Crippen LogP contribution in [0.2, 0.25) is 0 Å². The molecule has 0 aliphatic heterocycles. The second-order valence-electron chi connectivity index (χ2n) is 5.34. The fourth-order valence-electron chi connectivity index (χ4n) is 2.83. The van der Waals surface area contributed by atoms with Gasteiger partial charge in [-0.05, 0) is 52.9 Å². The maximum Gasteiger partial charge on any atom is 0.252 e. The second kappa shape index (κ2) is 8.71. The molecule has 0 aromatic heterocycles. The van der Waals surface area contributed by atoms with Gasteiger partial charge in [0.05, 0.1) is 5.56 Å². The van der Waals surface area contributed by atoms with Crippen LogP contribution in [0, 0.1) is 11.7 Å². The average molecular weight is 380 g/mol.